The van der Waals surface area contributed by atoms with E-state index in [0.717, 1.165) is 6.07 Å². The normalized spacial score (nSPS) is 11.3. The van der Waals surface area contributed by atoms with E-state index in [1.165, 1.54) is 23.9 Å². The van der Waals surface area contributed by atoms with E-state index < -0.39 is 14.9 Å². The van der Waals surface area contributed by atoms with Gasteiger partial charge < -0.3 is 5.43 Å². The van der Waals surface area contributed by atoms with Crippen molar-refractivity contribution in [2.45, 2.75) is 4.90 Å². The molecule has 0 radical (unpaired) electrons. The van der Waals surface area contributed by atoms with Crippen LogP contribution in [0.2, 0.25) is 0 Å². The molecule has 0 spiro atoms. The van der Waals surface area contributed by atoms with Crippen LogP contribution in [0.15, 0.2) is 23.1 Å². The van der Waals surface area contributed by atoms with Gasteiger partial charge in [0.05, 0.1) is 10.6 Å². The molecule has 0 amide bonds. The number of nitrogens with zero attached hydrogens (tertiary/aromatic N) is 1. The van der Waals surface area contributed by atoms with Crippen LogP contribution in [0, 0.1) is 10.1 Å². The van der Waals surface area contributed by atoms with Crippen LogP contribution in [0.1, 0.15) is 0 Å². The van der Waals surface area contributed by atoms with Gasteiger partial charge in [0.15, 0.2) is 0 Å². The Kier molecular flexibility index (Phi) is 5.54. The summed E-state index contributed by atoms with van der Waals surface area (Å²) in [4.78, 5) is 9.76. The number of nitro groups is 1. The van der Waals surface area contributed by atoms with Crippen LogP contribution in [-0.2, 0) is 10.0 Å². The number of rotatable bonds is 7. The molecule has 19 heavy (non-hydrogen) atoms. The summed E-state index contributed by atoms with van der Waals surface area (Å²) in [6.07, 6.45) is 1.84. The van der Waals surface area contributed by atoms with Gasteiger partial charge in [-0.3, -0.25) is 16.0 Å². The molecule has 0 saturated carbocycles. The minimum atomic E-state index is -3.84. The Morgan fingerprint density at radius 2 is 2.16 bits per heavy atom. The second kappa shape index (κ2) is 6.70. The van der Waals surface area contributed by atoms with E-state index in [9.17, 15) is 18.5 Å². The van der Waals surface area contributed by atoms with Gasteiger partial charge in [0.25, 0.3) is 5.69 Å². The quantitative estimate of drug-likeness (QED) is 0.290. The van der Waals surface area contributed by atoms with Gasteiger partial charge in [-0.05, 0) is 12.3 Å². The van der Waals surface area contributed by atoms with Crippen LogP contribution in [0.5, 0.6) is 0 Å². The van der Waals surface area contributed by atoms with Crippen molar-refractivity contribution in [3.05, 3.63) is 28.3 Å². The van der Waals surface area contributed by atoms with Gasteiger partial charge in [0, 0.05) is 24.4 Å². The van der Waals surface area contributed by atoms with Gasteiger partial charge in [-0.2, -0.15) is 11.8 Å². The first-order chi connectivity index (χ1) is 8.92. The number of benzene rings is 1. The van der Waals surface area contributed by atoms with E-state index in [4.69, 9.17) is 5.84 Å². The fourth-order valence-electron chi connectivity index (χ4n) is 1.32. The number of hydrogen-bond acceptors (Lipinski definition) is 7. The summed E-state index contributed by atoms with van der Waals surface area (Å²) in [5, 5.41) is 10.7. The lowest BCUT2D eigenvalue weighted by Gasteiger charge is -2.10. The number of non-ortho nitro benzene ring substituents is 1. The number of nitrogens with one attached hydrogen (secondary N) is 2. The van der Waals surface area contributed by atoms with Crippen LogP contribution in [0.4, 0.5) is 11.4 Å². The number of thioether (sulfide) groups is 1. The number of nitrogens with two attached hydrogens (primary N) is 1. The van der Waals surface area contributed by atoms with Gasteiger partial charge in [-0.15, -0.1) is 0 Å². The third-order valence-corrected chi connectivity index (χ3v) is 4.33. The Hall–Kier alpha value is -1.36. The summed E-state index contributed by atoms with van der Waals surface area (Å²) in [7, 11) is -3.84. The van der Waals surface area contributed by atoms with Gasteiger partial charge in [0.2, 0.25) is 10.0 Å². The van der Waals surface area contributed by atoms with Crippen LogP contribution in [0.3, 0.4) is 0 Å². The Morgan fingerprint density at radius 3 is 2.68 bits per heavy atom. The Balaban J connectivity index is 3.15. The molecule has 0 aromatic heterocycles. The van der Waals surface area contributed by atoms with E-state index in [1.807, 2.05) is 6.26 Å². The zero-order chi connectivity index (χ0) is 14.5. The lowest BCUT2D eigenvalue weighted by atomic mass is 10.3. The molecular formula is C9H14N4O4S2. The Morgan fingerprint density at radius 1 is 1.47 bits per heavy atom. The first kappa shape index (κ1) is 15.7. The molecule has 0 fully saturated rings. The second-order valence-electron chi connectivity index (χ2n) is 3.47. The maximum Gasteiger partial charge on any atom is 0.270 e. The number of hydrogen-bond donors (Lipinski definition) is 3. The molecule has 4 N–H and O–H groups in total. The zero-order valence-corrected chi connectivity index (χ0v) is 11.8. The Labute approximate surface area is 114 Å². The average Bonchev–Trinajstić information content (AvgIpc) is 2.38. The lowest BCUT2D eigenvalue weighted by Crippen LogP contribution is -2.27. The highest BCUT2D eigenvalue weighted by Gasteiger charge is 2.21. The van der Waals surface area contributed by atoms with Gasteiger partial charge >= 0.3 is 0 Å². The fourth-order valence-corrected chi connectivity index (χ4v) is 2.98. The monoisotopic (exact) mass is 306 g/mol. The van der Waals surface area contributed by atoms with E-state index in [-0.39, 0.29) is 22.8 Å². The summed E-state index contributed by atoms with van der Waals surface area (Å²) in [5.74, 6) is 5.81. The highest BCUT2D eigenvalue weighted by atomic mass is 32.2. The van der Waals surface area contributed by atoms with Crippen LogP contribution >= 0.6 is 11.8 Å². The molecule has 1 aromatic rings. The minimum absolute atomic E-state index is 0.0993. The van der Waals surface area contributed by atoms with Crippen molar-refractivity contribution in [1.82, 2.24) is 4.72 Å². The molecule has 0 aliphatic rings. The molecule has 1 aromatic carbocycles. The molecule has 0 aliphatic carbocycles. The number of nitro benzene ring substituents is 1. The van der Waals surface area contributed by atoms with Crippen molar-refractivity contribution in [1.29, 1.82) is 0 Å². The molecule has 0 unspecified atom stereocenters. The summed E-state index contributed by atoms with van der Waals surface area (Å²) in [5.41, 5.74) is 2.00. The first-order valence-corrected chi connectivity index (χ1v) is 8.03. The van der Waals surface area contributed by atoms with Crippen molar-refractivity contribution < 1.29 is 13.3 Å². The molecule has 8 nitrogen and oxygen atoms in total. The topological polar surface area (TPSA) is 127 Å². The SMILES string of the molecule is CSCCNS(=O)(=O)c1cc([N+](=O)[O-])ccc1NN. The maximum atomic E-state index is 12.0. The molecule has 0 aliphatic heterocycles. The van der Waals surface area contributed by atoms with Crippen molar-refractivity contribution >= 4 is 33.2 Å². The van der Waals surface area contributed by atoms with Crippen molar-refractivity contribution in [2.24, 2.45) is 5.84 Å². The second-order valence-corrected chi connectivity index (χ2v) is 6.19. The standard InChI is InChI=1S/C9H14N4O4S2/c1-18-5-4-11-19(16,17)9-6-7(13(14)15)2-3-8(9)12-10/h2-3,6,11-12H,4-5,10H2,1H3. The number of anilines is 1. The summed E-state index contributed by atoms with van der Waals surface area (Å²) in [6.45, 7) is 0.232. The molecule has 0 heterocycles. The van der Waals surface area contributed by atoms with E-state index in [1.54, 1.807) is 0 Å². The third kappa shape index (κ3) is 4.06. The van der Waals surface area contributed by atoms with Gasteiger partial charge in [-0.25, -0.2) is 13.1 Å². The summed E-state index contributed by atoms with van der Waals surface area (Å²) >= 11 is 1.48. The number of hydrazine groups is 1. The summed E-state index contributed by atoms with van der Waals surface area (Å²) in [6, 6.07) is 3.40. The highest BCUT2D eigenvalue weighted by molar-refractivity contribution is 7.98. The number of sulfonamides is 1. The molecule has 0 bridgehead atoms. The van der Waals surface area contributed by atoms with Crippen LogP contribution < -0.4 is 16.0 Å². The largest absolute Gasteiger partial charge is 0.323 e. The molecule has 0 atom stereocenters. The molecular weight excluding hydrogens is 292 g/mol. The van der Waals surface area contributed by atoms with Crippen LogP contribution in [-0.4, -0.2) is 31.9 Å². The average molecular weight is 306 g/mol. The van der Waals surface area contributed by atoms with Gasteiger partial charge in [-0.1, -0.05) is 0 Å². The fraction of sp³-hybridized carbons (Fsp3) is 0.333. The molecule has 0 saturated heterocycles. The van der Waals surface area contributed by atoms with Crippen LogP contribution in [0.25, 0.3) is 0 Å². The first-order valence-electron chi connectivity index (χ1n) is 5.16. The predicted molar refractivity (Wildman–Crippen MR) is 74.5 cm³/mol. The van der Waals surface area contributed by atoms with E-state index >= 15 is 0 Å². The molecule has 106 valence electrons. The number of nitrogen functional groups attached to an aromatic ring is 1. The van der Waals surface area contributed by atoms with Crippen molar-refractivity contribution in [3.8, 4) is 0 Å². The predicted octanol–water partition coefficient (Wildman–Crippen LogP) is 0.522. The molecule has 1 rings (SSSR count). The van der Waals surface area contributed by atoms with E-state index in [0.29, 0.717) is 5.75 Å². The highest BCUT2D eigenvalue weighted by Crippen LogP contribution is 2.25. The maximum absolute atomic E-state index is 12.0. The Bertz CT molecular complexity index is 561. The minimum Gasteiger partial charge on any atom is -0.323 e. The van der Waals surface area contributed by atoms with Crippen molar-refractivity contribution in [3.63, 3.8) is 0 Å². The van der Waals surface area contributed by atoms with Crippen molar-refractivity contribution in [2.75, 3.05) is 24.0 Å². The third-order valence-electron chi connectivity index (χ3n) is 2.22. The van der Waals surface area contributed by atoms with E-state index in [2.05, 4.69) is 10.1 Å². The van der Waals surface area contributed by atoms with Gasteiger partial charge in [0.1, 0.15) is 4.90 Å². The smallest absolute Gasteiger partial charge is 0.270 e. The molecule has 10 heteroatoms. The lowest BCUT2D eigenvalue weighted by molar-refractivity contribution is -0.385. The summed E-state index contributed by atoms with van der Waals surface area (Å²) < 4.78 is 26.4. The zero-order valence-electron chi connectivity index (χ0n) is 10.1.